The van der Waals surface area contributed by atoms with Crippen LogP contribution in [-0.2, 0) is 0 Å². The van der Waals surface area contributed by atoms with Crippen molar-refractivity contribution in [1.82, 2.24) is 20.6 Å². The molecule has 3 N–H and O–H groups in total. The second-order valence-corrected chi connectivity index (χ2v) is 2.17. The summed E-state index contributed by atoms with van der Waals surface area (Å²) >= 11 is 0. The molecule has 5 heteroatoms. The molecule has 5 nitrogen and oxygen atoms in total. The summed E-state index contributed by atoms with van der Waals surface area (Å²) in [6, 6.07) is -0.0660. The maximum absolute atomic E-state index is 5.66. The summed E-state index contributed by atoms with van der Waals surface area (Å²) in [4.78, 5) is 0. The van der Waals surface area contributed by atoms with E-state index in [4.69, 9.17) is 5.73 Å². The van der Waals surface area contributed by atoms with E-state index in [1.165, 1.54) is 0 Å². The SMILES string of the molecule is CCC[C@H](N)c1nn[nH]n1. The van der Waals surface area contributed by atoms with Gasteiger partial charge in [0.1, 0.15) is 0 Å². The van der Waals surface area contributed by atoms with Crippen molar-refractivity contribution in [3.8, 4) is 0 Å². The normalized spacial score (nSPS) is 13.4. The maximum Gasteiger partial charge on any atom is 0.191 e. The third-order valence-corrected chi connectivity index (χ3v) is 1.29. The van der Waals surface area contributed by atoms with Gasteiger partial charge in [-0.15, -0.1) is 10.2 Å². The molecule has 1 atom stereocenters. The summed E-state index contributed by atoms with van der Waals surface area (Å²) in [6.45, 7) is 2.07. The number of nitrogens with two attached hydrogens (primary N) is 1. The fourth-order valence-corrected chi connectivity index (χ4v) is 0.767. The van der Waals surface area contributed by atoms with E-state index >= 15 is 0 Å². The topological polar surface area (TPSA) is 80.5 Å². The zero-order valence-electron chi connectivity index (χ0n) is 5.91. The Kier molecular flexibility index (Phi) is 2.33. The van der Waals surface area contributed by atoms with E-state index in [1.807, 2.05) is 0 Å². The molecule has 1 heterocycles. The summed E-state index contributed by atoms with van der Waals surface area (Å²) in [5.41, 5.74) is 5.66. The Morgan fingerprint density at radius 2 is 2.50 bits per heavy atom. The van der Waals surface area contributed by atoms with Crippen LogP contribution < -0.4 is 5.73 Å². The van der Waals surface area contributed by atoms with Crippen LogP contribution in [0.4, 0.5) is 0 Å². The Labute approximate surface area is 59.0 Å². The number of nitrogens with one attached hydrogen (secondary N) is 1. The zero-order valence-corrected chi connectivity index (χ0v) is 5.91. The van der Waals surface area contributed by atoms with Crippen molar-refractivity contribution in [3.05, 3.63) is 5.82 Å². The maximum atomic E-state index is 5.66. The molecule has 0 spiro atoms. The van der Waals surface area contributed by atoms with Gasteiger partial charge in [0.25, 0.3) is 0 Å². The van der Waals surface area contributed by atoms with Crippen molar-refractivity contribution in [1.29, 1.82) is 0 Å². The van der Waals surface area contributed by atoms with E-state index in [2.05, 4.69) is 27.5 Å². The van der Waals surface area contributed by atoms with Crippen molar-refractivity contribution in [3.63, 3.8) is 0 Å². The van der Waals surface area contributed by atoms with E-state index < -0.39 is 0 Å². The molecule has 1 aromatic rings. The second kappa shape index (κ2) is 3.26. The predicted molar refractivity (Wildman–Crippen MR) is 36.0 cm³/mol. The number of H-pyrrole nitrogens is 1. The third-order valence-electron chi connectivity index (χ3n) is 1.29. The number of aromatic nitrogens is 4. The van der Waals surface area contributed by atoms with Crippen molar-refractivity contribution >= 4 is 0 Å². The summed E-state index contributed by atoms with van der Waals surface area (Å²) < 4.78 is 0. The summed E-state index contributed by atoms with van der Waals surface area (Å²) in [6.07, 6.45) is 1.94. The summed E-state index contributed by atoms with van der Waals surface area (Å²) in [5, 5.41) is 13.3. The van der Waals surface area contributed by atoms with Crippen molar-refractivity contribution in [2.24, 2.45) is 5.73 Å². The fraction of sp³-hybridized carbons (Fsp3) is 0.800. The molecule has 1 aromatic heterocycles. The average Bonchev–Trinajstić information content (AvgIpc) is 2.38. The third kappa shape index (κ3) is 1.51. The molecule has 0 fully saturated rings. The lowest BCUT2D eigenvalue weighted by atomic mass is 10.2. The van der Waals surface area contributed by atoms with Gasteiger partial charge in [-0.3, -0.25) is 0 Å². The Hall–Kier alpha value is -0.970. The minimum Gasteiger partial charge on any atom is -0.321 e. The number of nitrogens with zero attached hydrogens (tertiary/aromatic N) is 3. The monoisotopic (exact) mass is 141 g/mol. The minimum atomic E-state index is -0.0660. The molecule has 56 valence electrons. The van der Waals surface area contributed by atoms with Crippen molar-refractivity contribution in [2.45, 2.75) is 25.8 Å². The average molecular weight is 141 g/mol. The van der Waals surface area contributed by atoms with Gasteiger partial charge in [-0.2, -0.15) is 5.21 Å². The molecule has 0 saturated carbocycles. The Bertz CT molecular complexity index is 170. The van der Waals surface area contributed by atoms with E-state index in [0.717, 1.165) is 12.8 Å². The number of tetrazole rings is 1. The molecular formula is C5H11N5. The summed E-state index contributed by atoms with van der Waals surface area (Å²) in [5.74, 6) is 0.599. The highest BCUT2D eigenvalue weighted by atomic mass is 15.5. The molecule has 0 aromatic carbocycles. The van der Waals surface area contributed by atoms with Crippen LogP contribution in [-0.4, -0.2) is 20.6 Å². The lowest BCUT2D eigenvalue weighted by molar-refractivity contribution is 0.603. The van der Waals surface area contributed by atoms with E-state index in [9.17, 15) is 0 Å². The smallest absolute Gasteiger partial charge is 0.191 e. The van der Waals surface area contributed by atoms with Crippen LogP contribution in [0, 0.1) is 0 Å². The fourth-order valence-electron chi connectivity index (χ4n) is 0.767. The first kappa shape index (κ1) is 7.14. The molecule has 0 aliphatic rings. The van der Waals surface area contributed by atoms with Gasteiger partial charge in [-0.25, -0.2) is 0 Å². The van der Waals surface area contributed by atoms with Gasteiger partial charge in [0.15, 0.2) is 5.82 Å². The van der Waals surface area contributed by atoms with Crippen molar-refractivity contribution < 1.29 is 0 Å². The lowest BCUT2D eigenvalue weighted by Gasteiger charge is -2.01. The summed E-state index contributed by atoms with van der Waals surface area (Å²) in [7, 11) is 0. The highest BCUT2D eigenvalue weighted by Gasteiger charge is 2.07. The highest BCUT2D eigenvalue weighted by molar-refractivity contribution is 4.85. The Morgan fingerprint density at radius 1 is 1.70 bits per heavy atom. The molecule has 0 amide bonds. The van der Waals surface area contributed by atoms with Crippen LogP contribution in [0.1, 0.15) is 31.6 Å². The molecule has 0 unspecified atom stereocenters. The molecule has 0 saturated heterocycles. The molecular weight excluding hydrogens is 130 g/mol. The lowest BCUT2D eigenvalue weighted by Crippen LogP contribution is -2.11. The molecule has 0 aliphatic heterocycles. The van der Waals surface area contributed by atoms with Crippen molar-refractivity contribution in [2.75, 3.05) is 0 Å². The van der Waals surface area contributed by atoms with Gasteiger partial charge in [-0.1, -0.05) is 18.6 Å². The number of aromatic amines is 1. The largest absolute Gasteiger partial charge is 0.321 e. The van der Waals surface area contributed by atoms with Gasteiger partial charge < -0.3 is 5.73 Å². The number of hydrogen-bond acceptors (Lipinski definition) is 4. The van der Waals surface area contributed by atoms with Crippen LogP contribution in [0.15, 0.2) is 0 Å². The minimum absolute atomic E-state index is 0.0660. The zero-order chi connectivity index (χ0) is 7.40. The first-order valence-corrected chi connectivity index (χ1v) is 3.33. The highest BCUT2D eigenvalue weighted by Crippen LogP contribution is 2.07. The van der Waals surface area contributed by atoms with Gasteiger partial charge in [0.05, 0.1) is 6.04 Å². The molecule has 1 rings (SSSR count). The van der Waals surface area contributed by atoms with Gasteiger partial charge in [0.2, 0.25) is 0 Å². The number of hydrogen-bond donors (Lipinski definition) is 2. The molecule has 0 aliphatic carbocycles. The molecule has 0 bridgehead atoms. The number of rotatable bonds is 3. The Morgan fingerprint density at radius 3 is 3.00 bits per heavy atom. The predicted octanol–water partition coefficient (Wildman–Crippen LogP) is -0.000400. The van der Waals surface area contributed by atoms with Gasteiger partial charge in [-0.05, 0) is 6.42 Å². The van der Waals surface area contributed by atoms with Crippen LogP contribution in [0.2, 0.25) is 0 Å². The van der Waals surface area contributed by atoms with Crippen LogP contribution >= 0.6 is 0 Å². The second-order valence-electron chi connectivity index (χ2n) is 2.17. The van der Waals surface area contributed by atoms with Crippen LogP contribution in [0.25, 0.3) is 0 Å². The van der Waals surface area contributed by atoms with Crippen LogP contribution in [0.5, 0.6) is 0 Å². The standard InChI is InChI=1S/C5H11N5/c1-2-3-4(6)5-7-9-10-8-5/h4H,2-3,6H2,1H3,(H,7,8,9,10)/t4-/m0/s1. The first-order chi connectivity index (χ1) is 4.84. The quantitative estimate of drug-likeness (QED) is 0.620. The molecule has 10 heavy (non-hydrogen) atoms. The van der Waals surface area contributed by atoms with E-state index in [0.29, 0.717) is 5.82 Å². The van der Waals surface area contributed by atoms with E-state index in [-0.39, 0.29) is 6.04 Å². The molecule has 0 radical (unpaired) electrons. The van der Waals surface area contributed by atoms with Crippen LogP contribution in [0.3, 0.4) is 0 Å². The van der Waals surface area contributed by atoms with Gasteiger partial charge in [0, 0.05) is 0 Å². The Balaban J connectivity index is 2.50. The first-order valence-electron chi connectivity index (χ1n) is 3.33. The van der Waals surface area contributed by atoms with Gasteiger partial charge >= 0.3 is 0 Å². The van der Waals surface area contributed by atoms with E-state index in [1.54, 1.807) is 0 Å².